The second-order valence-electron chi connectivity index (χ2n) is 8.99. The monoisotopic (exact) mass is 475 g/mol. The molecular formula is C25H29N7O3. The number of piperazine rings is 1. The lowest BCUT2D eigenvalue weighted by Gasteiger charge is -2.38. The molecule has 0 radical (unpaired) electrons. The molecule has 1 amide bonds. The second kappa shape index (κ2) is 9.03. The molecule has 182 valence electrons. The van der Waals surface area contributed by atoms with Crippen molar-refractivity contribution in [3.63, 3.8) is 0 Å². The van der Waals surface area contributed by atoms with Crippen molar-refractivity contribution in [3.05, 3.63) is 48.0 Å². The Morgan fingerprint density at radius 1 is 1.11 bits per heavy atom. The normalized spacial score (nSPS) is 18.1. The summed E-state index contributed by atoms with van der Waals surface area (Å²) in [5, 5.41) is 7.34. The van der Waals surface area contributed by atoms with Crippen molar-refractivity contribution in [1.82, 2.24) is 24.7 Å². The van der Waals surface area contributed by atoms with Crippen molar-refractivity contribution in [3.8, 4) is 11.8 Å². The number of anilines is 2. The molecule has 0 bridgehead atoms. The number of aromatic nitrogens is 4. The summed E-state index contributed by atoms with van der Waals surface area (Å²) in [5.41, 5.74) is 4.10. The molecule has 4 heterocycles. The Morgan fingerprint density at radius 2 is 1.89 bits per heavy atom. The van der Waals surface area contributed by atoms with Gasteiger partial charge in [0, 0.05) is 60.9 Å². The van der Waals surface area contributed by atoms with E-state index in [4.69, 9.17) is 9.47 Å². The van der Waals surface area contributed by atoms with Crippen LogP contribution in [-0.4, -0.2) is 64.7 Å². The van der Waals surface area contributed by atoms with Crippen molar-refractivity contribution in [2.75, 3.05) is 37.5 Å². The smallest absolute Gasteiger partial charge is 0.316 e. The van der Waals surface area contributed by atoms with Gasteiger partial charge in [-0.25, -0.2) is 9.97 Å². The van der Waals surface area contributed by atoms with Crippen molar-refractivity contribution in [1.29, 1.82) is 0 Å². The minimum atomic E-state index is -0.289. The fourth-order valence-electron chi connectivity index (χ4n) is 4.78. The van der Waals surface area contributed by atoms with Crippen LogP contribution in [0.4, 0.5) is 11.4 Å². The molecule has 10 nitrogen and oxygen atoms in total. The zero-order valence-electron chi connectivity index (χ0n) is 20.5. The number of ether oxygens (including phenoxy) is 2. The molecule has 1 aliphatic rings. The number of hydrogen-bond acceptors (Lipinski definition) is 8. The van der Waals surface area contributed by atoms with E-state index < -0.39 is 0 Å². The molecule has 4 aromatic rings. The van der Waals surface area contributed by atoms with Crippen LogP contribution in [0.15, 0.2) is 36.8 Å². The standard InChI is InChI=1S/C25H29N7O3/c1-14-10-31(11-15(2)27-14)20-7-6-18(22-19(20)9-26-25(30-22)35-5)24(33)29-17-8-21(34-4)23-28-16(3)12-32(23)13-17/h6-9,12-15,27H,10-11H2,1-5H3,(H,29,33). The zero-order chi connectivity index (χ0) is 24.7. The van der Waals surface area contributed by atoms with E-state index in [1.165, 1.54) is 7.11 Å². The molecule has 1 aromatic carbocycles. The van der Waals surface area contributed by atoms with Gasteiger partial charge in [-0.2, -0.15) is 4.98 Å². The third-order valence-corrected chi connectivity index (χ3v) is 6.15. The number of nitrogens with zero attached hydrogens (tertiary/aromatic N) is 5. The highest BCUT2D eigenvalue weighted by atomic mass is 16.5. The van der Waals surface area contributed by atoms with Crippen LogP contribution in [0.2, 0.25) is 0 Å². The maximum absolute atomic E-state index is 13.5. The highest BCUT2D eigenvalue weighted by molar-refractivity contribution is 6.14. The fourth-order valence-corrected chi connectivity index (χ4v) is 4.78. The van der Waals surface area contributed by atoms with Gasteiger partial charge in [-0.05, 0) is 32.9 Å². The molecule has 1 fully saturated rings. The molecule has 2 unspecified atom stereocenters. The quantitative estimate of drug-likeness (QED) is 0.454. The molecule has 35 heavy (non-hydrogen) atoms. The van der Waals surface area contributed by atoms with Crippen molar-refractivity contribution < 1.29 is 14.3 Å². The van der Waals surface area contributed by atoms with Gasteiger partial charge >= 0.3 is 6.01 Å². The van der Waals surface area contributed by atoms with Crippen LogP contribution in [0.25, 0.3) is 16.6 Å². The predicted molar refractivity (Wildman–Crippen MR) is 135 cm³/mol. The summed E-state index contributed by atoms with van der Waals surface area (Å²) >= 11 is 0. The number of methoxy groups -OCH3 is 2. The summed E-state index contributed by atoms with van der Waals surface area (Å²) in [7, 11) is 3.09. The number of carbonyl (C=O) groups is 1. The molecular weight excluding hydrogens is 446 g/mol. The van der Waals surface area contributed by atoms with Gasteiger partial charge in [0.05, 0.1) is 36.7 Å². The molecule has 1 saturated heterocycles. The molecule has 0 saturated carbocycles. The summed E-state index contributed by atoms with van der Waals surface area (Å²) in [6.45, 7) is 7.94. The van der Waals surface area contributed by atoms with E-state index in [-0.39, 0.29) is 11.9 Å². The topological polar surface area (TPSA) is 106 Å². The zero-order valence-corrected chi connectivity index (χ0v) is 20.5. The van der Waals surface area contributed by atoms with Crippen molar-refractivity contribution >= 4 is 33.8 Å². The lowest BCUT2D eigenvalue weighted by atomic mass is 10.0. The number of amides is 1. The summed E-state index contributed by atoms with van der Waals surface area (Å²) in [6.07, 6.45) is 5.42. The maximum atomic E-state index is 13.5. The highest BCUT2D eigenvalue weighted by Gasteiger charge is 2.25. The Kier molecular flexibility index (Phi) is 5.89. The van der Waals surface area contributed by atoms with Crippen LogP contribution in [0.5, 0.6) is 11.8 Å². The van der Waals surface area contributed by atoms with Gasteiger partial charge in [0.15, 0.2) is 11.4 Å². The molecule has 2 N–H and O–H groups in total. The van der Waals surface area contributed by atoms with Crippen LogP contribution < -0.4 is 25.0 Å². The maximum Gasteiger partial charge on any atom is 0.316 e. The first-order valence-corrected chi connectivity index (χ1v) is 11.6. The van der Waals surface area contributed by atoms with Crippen LogP contribution in [0.1, 0.15) is 29.9 Å². The number of pyridine rings is 1. The first-order valence-electron chi connectivity index (χ1n) is 11.6. The minimum Gasteiger partial charge on any atom is -0.493 e. The summed E-state index contributed by atoms with van der Waals surface area (Å²) in [4.78, 5) is 29.1. The third kappa shape index (κ3) is 4.32. The van der Waals surface area contributed by atoms with Gasteiger partial charge < -0.3 is 29.4 Å². The van der Waals surface area contributed by atoms with E-state index in [9.17, 15) is 4.79 Å². The van der Waals surface area contributed by atoms with Gasteiger partial charge in [-0.1, -0.05) is 0 Å². The molecule has 3 aromatic heterocycles. The van der Waals surface area contributed by atoms with E-state index >= 15 is 0 Å². The lowest BCUT2D eigenvalue weighted by molar-refractivity contribution is 0.102. The number of fused-ring (bicyclic) bond motifs is 2. The predicted octanol–water partition coefficient (Wildman–Crippen LogP) is 3.04. The fraction of sp³-hybridized carbons (Fsp3) is 0.360. The van der Waals surface area contributed by atoms with Gasteiger partial charge in [0.25, 0.3) is 5.91 Å². The van der Waals surface area contributed by atoms with Crippen molar-refractivity contribution in [2.24, 2.45) is 0 Å². The molecule has 0 aliphatic carbocycles. The number of benzene rings is 1. The Hall–Kier alpha value is -3.92. The Bertz CT molecular complexity index is 1410. The average molecular weight is 476 g/mol. The van der Waals surface area contributed by atoms with Crippen LogP contribution in [0, 0.1) is 6.92 Å². The van der Waals surface area contributed by atoms with Gasteiger partial charge in [0.2, 0.25) is 0 Å². The summed E-state index contributed by atoms with van der Waals surface area (Å²) in [6, 6.07) is 6.44. The number of hydrogen-bond donors (Lipinski definition) is 2. The van der Waals surface area contributed by atoms with Crippen LogP contribution in [0.3, 0.4) is 0 Å². The van der Waals surface area contributed by atoms with Crippen LogP contribution >= 0.6 is 0 Å². The number of nitrogens with one attached hydrogen (secondary N) is 2. The molecule has 1 aliphatic heterocycles. The molecule has 2 atom stereocenters. The SMILES string of the molecule is COc1ncc2c(N3CC(C)NC(C)C3)ccc(C(=O)Nc3cc(OC)c4nc(C)cn4c3)c2n1. The van der Waals surface area contributed by atoms with E-state index in [1.54, 1.807) is 19.4 Å². The largest absolute Gasteiger partial charge is 0.493 e. The number of aryl methyl sites for hydroxylation is 1. The summed E-state index contributed by atoms with van der Waals surface area (Å²) < 4.78 is 12.6. The number of carbonyl (C=O) groups excluding carboxylic acids is 1. The average Bonchev–Trinajstić information content (AvgIpc) is 3.21. The van der Waals surface area contributed by atoms with Gasteiger partial charge in [0.1, 0.15) is 0 Å². The van der Waals surface area contributed by atoms with Gasteiger partial charge in [-0.15, -0.1) is 0 Å². The molecule has 0 spiro atoms. The van der Waals surface area contributed by atoms with E-state index in [0.717, 1.165) is 29.9 Å². The van der Waals surface area contributed by atoms with Gasteiger partial charge in [-0.3, -0.25) is 4.79 Å². The van der Waals surface area contributed by atoms with E-state index in [1.807, 2.05) is 35.9 Å². The number of rotatable bonds is 5. The summed E-state index contributed by atoms with van der Waals surface area (Å²) in [5.74, 6) is 0.282. The lowest BCUT2D eigenvalue weighted by Crippen LogP contribution is -2.54. The third-order valence-electron chi connectivity index (χ3n) is 6.15. The van der Waals surface area contributed by atoms with E-state index in [0.29, 0.717) is 40.2 Å². The Labute approximate surface area is 203 Å². The van der Waals surface area contributed by atoms with E-state index in [2.05, 4.69) is 44.3 Å². The minimum absolute atomic E-state index is 0.211. The Morgan fingerprint density at radius 3 is 2.60 bits per heavy atom. The first kappa shape index (κ1) is 22.9. The molecule has 5 rings (SSSR count). The van der Waals surface area contributed by atoms with Crippen molar-refractivity contribution in [2.45, 2.75) is 32.9 Å². The first-order chi connectivity index (χ1) is 16.9. The second-order valence-corrected chi connectivity index (χ2v) is 8.99. The highest BCUT2D eigenvalue weighted by Crippen LogP contribution is 2.31. The Balaban J connectivity index is 1.55. The van der Waals surface area contributed by atoms with Crippen LogP contribution in [-0.2, 0) is 0 Å². The molecule has 10 heteroatoms. The number of imidazole rings is 1.